The zero-order chi connectivity index (χ0) is 18.0. The van der Waals surface area contributed by atoms with Gasteiger partial charge in [0, 0.05) is 48.6 Å². The summed E-state index contributed by atoms with van der Waals surface area (Å²) in [5.41, 5.74) is 1.98. The van der Waals surface area contributed by atoms with E-state index < -0.39 is 0 Å². The second-order valence-corrected chi connectivity index (χ2v) is 6.38. The van der Waals surface area contributed by atoms with Crippen molar-refractivity contribution in [2.75, 3.05) is 18.4 Å². The van der Waals surface area contributed by atoms with Gasteiger partial charge in [0.05, 0.1) is 0 Å². The minimum Gasteiger partial charge on any atom is -0.365 e. The third-order valence-electron chi connectivity index (χ3n) is 4.63. The first kappa shape index (κ1) is 17.1. The summed E-state index contributed by atoms with van der Waals surface area (Å²) in [7, 11) is 0. The van der Waals surface area contributed by atoms with Crippen molar-refractivity contribution >= 4 is 11.7 Å². The van der Waals surface area contributed by atoms with E-state index in [4.69, 9.17) is 0 Å². The van der Waals surface area contributed by atoms with Crippen LogP contribution in [0.25, 0.3) is 11.4 Å². The molecule has 0 radical (unpaired) electrons. The van der Waals surface area contributed by atoms with E-state index in [1.807, 2.05) is 30.9 Å². The molecule has 1 amide bonds. The molecule has 1 saturated heterocycles. The van der Waals surface area contributed by atoms with Crippen molar-refractivity contribution in [1.29, 1.82) is 0 Å². The number of amides is 1. The fraction of sp³-hybridized carbons (Fsp3) is 0.444. The molecule has 25 heavy (non-hydrogen) atoms. The highest BCUT2D eigenvalue weighted by Crippen LogP contribution is 2.18. The van der Waals surface area contributed by atoms with Gasteiger partial charge in [-0.3, -0.25) is 9.59 Å². The summed E-state index contributed by atoms with van der Waals surface area (Å²) < 4.78 is 0. The van der Waals surface area contributed by atoms with Crippen molar-refractivity contribution in [2.45, 2.75) is 39.7 Å². The highest BCUT2D eigenvalue weighted by Gasteiger charge is 2.25. The van der Waals surface area contributed by atoms with Gasteiger partial charge in [0.1, 0.15) is 11.6 Å². The Hall–Kier alpha value is -2.70. The fourth-order valence-corrected chi connectivity index (χ4v) is 2.94. The molecule has 1 aliphatic rings. The minimum absolute atomic E-state index is 0.128. The molecule has 2 N–H and O–H groups in total. The Morgan fingerprint density at radius 1 is 1.40 bits per heavy atom. The molecule has 0 aromatic carbocycles. The Labute approximate surface area is 146 Å². The van der Waals surface area contributed by atoms with Crippen molar-refractivity contribution in [1.82, 2.24) is 19.9 Å². The summed E-state index contributed by atoms with van der Waals surface area (Å²) in [6, 6.07) is 3.97. The summed E-state index contributed by atoms with van der Waals surface area (Å²) in [5, 5.41) is 3.36. The van der Waals surface area contributed by atoms with Crippen LogP contribution in [0.2, 0.25) is 0 Å². The number of nitrogens with one attached hydrogen (secondary N) is 2. The molecule has 3 heterocycles. The van der Waals surface area contributed by atoms with Crippen LogP contribution in [0.15, 0.2) is 23.1 Å². The second-order valence-electron chi connectivity index (χ2n) is 6.38. The van der Waals surface area contributed by atoms with Crippen LogP contribution in [0.3, 0.4) is 0 Å². The predicted molar refractivity (Wildman–Crippen MR) is 96.5 cm³/mol. The monoisotopic (exact) mass is 341 g/mol. The Morgan fingerprint density at radius 2 is 2.20 bits per heavy atom. The molecule has 2 aromatic rings. The fourth-order valence-electron chi connectivity index (χ4n) is 2.94. The van der Waals surface area contributed by atoms with Crippen LogP contribution < -0.4 is 10.9 Å². The quantitative estimate of drug-likeness (QED) is 0.886. The van der Waals surface area contributed by atoms with E-state index in [9.17, 15) is 9.59 Å². The molecular weight excluding hydrogens is 318 g/mol. The summed E-state index contributed by atoms with van der Waals surface area (Å²) in [4.78, 5) is 37.1. The van der Waals surface area contributed by atoms with Gasteiger partial charge in [0.2, 0.25) is 5.91 Å². The SMILES string of the molecule is CCC(=O)N1CCC(Nc2ccc(-c3nc(C)c(C)c(=O)[nH]3)cn2)C1. The van der Waals surface area contributed by atoms with Crippen LogP contribution in [0.4, 0.5) is 5.82 Å². The van der Waals surface area contributed by atoms with Crippen LogP contribution in [0.5, 0.6) is 0 Å². The number of hydrogen-bond acceptors (Lipinski definition) is 5. The maximum absolute atomic E-state index is 11.9. The van der Waals surface area contributed by atoms with Crippen LogP contribution in [-0.4, -0.2) is 44.9 Å². The van der Waals surface area contributed by atoms with Crippen LogP contribution in [0, 0.1) is 13.8 Å². The van der Waals surface area contributed by atoms with E-state index in [0.717, 1.165) is 24.3 Å². The molecule has 7 nitrogen and oxygen atoms in total. The van der Waals surface area contributed by atoms with E-state index in [1.54, 1.807) is 13.1 Å². The topological polar surface area (TPSA) is 91.0 Å². The van der Waals surface area contributed by atoms with Crippen molar-refractivity contribution in [3.63, 3.8) is 0 Å². The Balaban J connectivity index is 1.69. The summed E-state index contributed by atoms with van der Waals surface area (Å²) in [6.07, 6.45) is 3.15. The molecular formula is C18H23N5O2. The summed E-state index contributed by atoms with van der Waals surface area (Å²) in [6.45, 7) is 6.96. The van der Waals surface area contributed by atoms with Gasteiger partial charge in [0.15, 0.2) is 0 Å². The average Bonchev–Trinajstić information content (AvgIpc) is 3.07. The first-order chi connectivity index (χ1) is 12.0. The lowest BCUT2D eigenvalue weighted by molar-refractivity contribution is -0.129. The number of hydrogen-bond donors (Lipinski definition) is 2. The lowest BCUT2D eigenvalue weighted by Gasteiger charge is -2.16. The summed E-state index contributed by atoms with van der Waals surface area (Å²) >= 11 is 0. The zero-order valence-corrected chi connectivity index (χ0v) is 14.8. The van der Waals surface area contributed by atoms with E-state index in [2.05, 4.69) is 20.3 Å². The number of aryl methyl sites for hydroxylation is 1. The largest absolute Gasteiger partial charge is 0.365 e. The Bertz CT molecular complexity index is 828. The third kappa shape index (κ3) is 3.70. The number of carbonyl (C=O) groups is 1. The van der Waals surface area contributed by atoms with Crippen LogP contribution in [-0.2, 0) is 4.79 Å². The first-order valence-corrected chi connectivity index (χ1v) is 8.56. The van der Waals surface area contributed by atoms with Crippen LogP contribution in [0.1, 0.15) is 31.0 Å². The lowest BCUT2D eigenvalue weighted by Crippen LogP contribution is -2.31. The molecule has 0 bridgehead atoms. The molecule has 1 fully saturated rings. The first-order valence-electron chi connectivity index (χ1n) is 8.56. The molecule has 0 spiro atoms. The van der Waals surface area contributed by atoms with Crippen molar-refractivity contribution < 1.29 is 4.79 Å². The lowest BCUT2D eigenvalue weighted by atomic mass is 10.2. The zero-order valence-electron chi connectivity index (χ0n) is 14.8. The Kier molecular flexibility index (Phi) is 4.83. The number of anilines is 1. The highest BCUT2D eigenvalue weighted by atomic mass is 16.2. The third-order valence-corrected chi connectivity index (χ3v) is 4.63. The van der Waals surface area contributed by atoms with Gasteiger partial charge in [-0.05, 0) is 32.4 Å². The van der Waals surface area contributed by atoms with Gasteiger partial charge < -0.3 is 15.2 Å². The Morgan fingerprint density at radius 3 is 2.84 bits per heavy atom. The number of rotatable bonds is 4. The van der Waals surface area contributed by atoms with Gasteiger partial charge >= 0.3 is 0 Å². The number of pyridine rings is 1. The second kappa shape index (κ2) is 7.04. The number of carbonyl (C=O) groups excluding carboxylic acids is 1. The number of aromatic amines is 1. The van der Waals surface area contributed by atoms with Gasteiger partial charge in [-0.25, -0.2) is 9.97 Å². The smallest absolute Gasteiger partial charge is 0.254 e. The highest BCUT2D eigenvalue weighted by molar-refractivity contribution is 5.76. The van der Waals surface area contributed by atoms with E-state index in [1.165, 1.54) is 0 Å². The minimum atomic E-state index is -0.128. The van der Waals surface area contributed by atoms with Gasteiger partial charge in [-0.15, -0.1) is 0 Å². The molecule has 0 saturated carbocycles. The van der Waals surface area contributed by atoms with Gasteiger partial charge in [-0.2, -0.15) is 0 Å². The summed E-state index contributed by atoms with van der Waals surface area (Å²) in [5.74, 6) is 1.47. The number of likely N-dealkylation sites (tertiary alicyclic amines) is 1. The van der Waals surface area contributed by atoms with Crippen molar-refractivity contribution in [3.8, 4) is 11.4 Å². The van der Waals surface area contributed by atoms with Crippen LogP contribution >= 0.6 is 0 Å². The number of nitrogens with zero attached hydrogens (tertiary/aromatic N) is 3. The molecule has 0 aliphatic carbocycles. The van der Waals surface area contributed by atoms with Crippen molar-refractivity contribution in [3.05, 3.63) is 39.9 Å². The van der Waals surface area contributed by atoms with Crippen molar-refractivity contribution in [2.24, 2.45) is 0 Å². The number of aromatic nitrogens is 3. The molecule has 132 valence electrons. The van der Waals surface area contributed by atoms with E-state index in [0.29, 0.717) is 30.0 Å². The maximum Gasteiger partial charge on any atom is 0.254 e. The molecule has 1 aliphatic heterocycles. The normalized spacial score (nSPS) is 16.9. The number of H-pyrrole nitrogens is 1. The van der Waals surface area contributed by atoms with Gasteiger partial charge in [0.25, 0.3) is 5.56 Å². The molecule has 7 heteroatoms. The maximum atomic E-state index is 11.9. The van der Waals surface area contributed by atoms with E-state index >= 15 is 0 Å². The average molecular weight is 341 g/mol. The molecule has 2 aromatic heterocycles. The van der Waals surface area contributed by atoms with Gasteiger partial charge in [-0.1, -0.05) is 6.92 Å². The molecule has 1 atom stereocenters. The predicted octanol–water partition coefficient (Wildman–Crippen LogP) is 1.87. The molecule has 3 rings (SSSR count). The van der Waals surface area contributed by atoms with E-state index in [-0.39, 0.29) is 17.5 Å². The molecule has 1 unspecified atom stereocenters. The standard InChI is InChI=1S/C18H23N5O2/c1-4-16(24)23-8-7-14(10-23)21-15-6-5-13(9-19-15)17-20-12(3)11(2)18(25)22-17/h5-6,9,14H,4,7-8,10H2,1-3H3,(H,19,21)(H,20,22,25).